The van der Waals surface area contributed by atoms with E-state index < -0.39 is 0 Å². The summed E-state index contributed by atoms with van der Waals surface area (Å²) in [5, 5.41) is 5.41. The van der Waals surface area contributed by atoms with Gasteiger partial charge in [0.2, 0.25) is 5.91 Å². The van der Waals surface area contributed by atoms with Gasteiger partial charge in [0.1, 0.15) is 5.75 Å². The molecular formula is C15H22N2O3. The van der Waals surface area contributed by atoms with Crippen LogP contribution in [0.1, 0.15) is 19.4 Å². The van der Waals surface area contributed by atoms with Crippen molar-refractivity contribution in [2.45, 2.75) is 20.8 Å². The Labute approximate surface area is 119 Å². The van der Waals surface area contributed by atoms with Crippen LogP contribution < -0.4 is 15.4 Å². The Morgan fingerprint density at radius 3 is 2.45 bits per heavy atom. The van der Waals surface area contributed by atoms with Crippen LogP contribution in [0.2, 0.25) is 0 Å². The minimum absolute atomic E-state index is 0.0181. The van der Waals surface area contributed by atoms with E-state index in [4.69, 9.17) is 4.74 Å². The Morgan fingerprint density at radius 2 is 1.80 bits per heavy atom. The van der Waals surface area contributed by atoms with Gasteiger partial charge < -0.3 is 15.4 Å². The summed E-state index contributed by atoms with van der Waals surface area (Å²) in [6.45, 7) is 6.37. The highest BCUT2D eigenvalue weighted by Gasteiger charge is 2.06. The number of hydrogen-bond acceptors (Lipinski definition) is 3. The highest BCUT2D eigenvalue weighted by atomic mass is 16.5. The molecule has 0 saturated carbocycles. The molecule has 1 aromatic carbocycles. The molecule has 0 spiro atoms. The van der Waals surface area contributed by atoms with Gasteiger partial charge in [0, 0.05) is 19.0 Å². The maximum absolute atomic E-state index is 11.6. The summed E-state index contributed by atoms with van der Waals surface area (Å²) in [4.78, 5) is 22.8. The second-order valence-electron chi connectivity index (χ2n) is 4.85. The number of aryl methyl sites for hydroxylation is 1. The quantitative estimate of drug-likeness (QED) is 0.738. The zero-order valence-electron chi connectivity index (χ0n) is 12.2. The number of carbonyl (C=O) groups is 2. The van der Waals surface area contributed by atoms with E-state index in [1.165, 1.54) is 0 Å². The fourth-order valence-electron chi connectivity index (χ4n) is 1.50. The largest absolute Gasteiger partial charge is 0.484 e. The highest BCUT2D eigenvalue weighted by molar-refractivity contribution is 5.78. The van der Waals surface area contributed by atoms with Crippen LogP contribution in [-0.4, -0.2) is 31.5 Å². The first-order chi connectivity index (χ1) is 9.50. The summed E-state index contributed by atoms with van der Waals surface area (Å²) in [5.41, 5.74) is 0.990. The van der Waals surface area contributed by atoms with Crippen LogP contribution in [0.25, 0.3) is 0 Å². The standard InChI is InChI=1S/C15H22N2O3/c1-11(2)15(19)17-9-8-16-14(18)10-20-13-7-5-4-6-12(13)3/h4-7,11H,8-10H2,1-3H3,(H,16,18)(H,17,19). The Balaban J connectivity index is 2.18. The van der Waals surface area contributed by atoms with Crippen molar-refractivity contribution in [3.05, 3.63) is 29.8 Å². The van der Waals surface area contributed by atoms with Crippen molar-refractivity contribution in [1.29, 1.82) is 0 Å². The minimum Gasteiger partial charge on any atom is -0.484 e. The van der Waals surface area contributed by atoms with Gasteiger partial charge in [0.05, 0.1) is 0 Å². The minimum atomic E-state index is -0.202. The van der Waals surface area contributed by atoms with E-state index in [0.29, 0.717) is 18.8 Å². The fourth-order valence-corrected chi connectivity index (χ4v) is 1.50. The van der Waals surface area contributed by atoms with Gasteiger partial charge in [-0.3, -0.25) is 9.59 Å². The molecule has 0 bridgehead atoms. The predicted octanol–water partition coefficient (Wildman–Crippen LogP) is 1.26. The summed E-state index contributed by atoms with van der Waals surface area (Å²) in [7, 11) is 0. The maximum atomic E-state index is 11.6. The van der Waals surface area contributed by atoms with E-state index in [0.717, 1.165) is 5.56 Å². The molecule has 5 nitrogen and oxygen atoms in total. The van der Waals surface area contributed by atoms with Gasteiger partial charge in [-0.2, -0.15) is 0 Å². The molecule has 0 radical (unpaired) electrons. The highest BCUT2D eigenvalue weighted by Crippen LogP contribution is 2.15. The van der Waals surface area contributed by atoms with Gasteiger partial charge in [-0.25, -0.2) is 0 Å². The van der Waals surface area contributed by atoms with Crippen molar-refractivity contribution in [2.24, 2.45) is 5.92 Å². The lowest BCUT2D eigenvalue weighted by Crippen LogP contribution is -2.38. The number of carbonyl (C=O) groups excluding carboxylic acids is 2. The average molecular weight is 278 g/mol. The van der Waals surface area contributed by atoms with Crippen LogP contribution >= 0.6 is 0 Å². The first-order valence-corrected chi connectivity index (χ1v) is 6.73. The summed E-state index contributed by atoms with van der Waals surface area (Å²) in [6, 6.07) is 7.53. The molecule has 1 aromatic rings. The number of nitrogens with one attached hydrogen (secondary N) is 2. The van der Waals surface area contributed by atoms with Crippen LogP contribution in [0.15, 0.2) is 24.3 Å². The van der Waals surface area contributed by atoms with E-state index in [2.05, 4.69) is 10.6 Å². The number of hydrogen-bond donors (Lipinski definition) is 2. The molecule has 0 aromatic heterocycles. The molecule has 2 N–H and O–H groups in total. The number of para-hydroxylation sites is 1. The fraction of sp³-hybridized carbons (Fsp3) is 0.467. The smallest absolute Gasteiger partial charge is 0.258 e. The lowest BCUT2D eigenvalue weighted by molar-refractivity contribution is -0.125. The third kappa shape index (κ3) is 5.73. The van der Waals surface area contributed by atoms with Crippen LogP contribution in [0.3, 0.4) is 0 Å². The van der Waals surface area contributed by atoms with Gasteiger partial charge in [-0.15, -0.1) is 0 Å². The second-order valence-corrected chi connectivity index (χ2v) is 4.85. The van der Waals surface area contributed by atoms with Crippen molar-refractivity contribution in [1.82, 2.24) is 10.6 Å². The van der Waals surface area contributed by atoms with Gasteiger partial charge >= 0.3 is 0 Å². The van der Waals surface area contributed by atoms with Crippen LogP contribution in [0.4, 0.5) is 0 Å². The number of ether oxygens (including phenoxy) is 1. The molecule has 0 saturated heterocycles. The lowest BCUT2D eigenvalue weighted by atomic mass is 10.2. The normalized spacial score (nSPS) is 10.2. The van der Waals surface area contributed by atoms with E-state index in [1.54, 1.807) is 0 Å². The molecule has 0 aliphatic carbocycles. The van der Waals surface area contributed by atoms with Gasteiger partial charge in [-0.1, -0.05) is 32.0 Å². The third-order valence-corrected chi connectivity index (χ3v) is 2.72. The molecule has 0 atom stereocenters. The van der Waals surface area contributed by atoms with Crippen molar-refractivity contribution >= 4 is 11.8 Å². The molecule has 0 aliphatic rings. The molecule has 0 aliphatic heterocycles. The third-order valence-electron chi connectivity index (χ3n) is 2.72. The average Bonchev–Trinajstić information content (AvgIpc) is 2.42. The first-order valence-electron chi connectivity index (χ1n) is 6.73. The predicted molar refractivity (Wildman–Crippen MR) is 77.5 cm³/mol. The topological polar surface area (TPSA) is 67.4 Å². The van der Waals surface area contributed by atoms with E-state index in [-0.39, 0.29) is 24.3 Å². The van der Waals surface area contributed by atoms with Gasteiger partial charge in [0.15, 0.2) is 6.61 Å². The summed E-state index contributed by atoms with van der Waals surface area (Å²) >= 11 is 0. The van der Waals surface area contributed by atoms with Crippen molar-refractivity contribution in [3.8, 4) is 5.75 Å². The number of rotatable bonds is 7. The molecule has 5 heteroatoms. The summed E-state index contributed by atoms with van der Waals surface area (Å²) < 4.78 is 5.42. The molecule has 2 amide bonds. The Bertz CT molecular complexity index is 458. The zero-order chi connectivity index (χ0) is 15.0. The van der Waals surface area contributed by atoms with Crippen molar-refractivity contribution in [2.75, 3.05) is 19.7 Å². The Morgan fingerprint density at radius 1 is 1.15 bits per heavy atom. The monoisotopic (exact) mass is 278 g/mol. The first kappa shape index (κ1) is 16.0. The zero-order valence-corrected chi connectivity index (χ0v) is 12.2. The maximum Gasteiger partial charge on any atom is 0.258 e. The molecule has 110 valence electrons. The summed E-state index contributed by atoms with van der Waals surface area (Å²) in [5.74, 6) is 0.438. The molecule has 20 heavy (non-hydrogen) atoms. The van der Waals surface area contributed by atoms with Crippen LogP contribution in [-0.2, 0) is 9.59 Å². The van der Waals surface area contributed by atoms with Crippen LogP contribution in [0, 0.1) is 12.8 Å². The van der Waals surface area contributed by atoms with E-state index in [1.807, 2.05) is 45.0 Å². The molecule has 0 fully saturated rings. The lowest BCUT2D eigenvalue weighted by Gasteiger charge is -2.10. The van der Waals surface area contributed by atoms with Gasteiger partial charge in [0.25, 0.3) is 5.91 Å². The van der Waals surface area contributed by atoms with E-state index >= 15 is 0 Å². The molecule has 1 rings (SSSR count). The Kier molecular flexibility index (Phi) is 6.56. The summed E-state index contributed by atoms with van der Waals surface area (Å²) in [6.07, 6.45) is 0. The number of amides is 2. The SMILES string of the molecule is Cc1ccccc1OCC(=O)NCCNC(=O)C(C)C. The van der Waals surface area contributed by atoms with Crippen molar-refractivity contribution < 1.29 is 14.3 Å². The number of benzene rings is 1. The molecule has 0 unspecified atom stereocenters. The second kappa shape index (κ2) is 8.19. The Hall–Kier alpha value is -2.04. The van der Waals surface area contributed by atoms with Crippen molar-refractivity contribution in [3.63, 3.8) is 0 Å². The van der Waals surface area contributed by atoms with Gasteiger partial charge in [-0.05, 0) is 18.6 Å². The molecule has 0 heterocycles. The van der Waals surface area contributed by atoms with Crippen LogP contribution in [0.5, 0.6) is 5.75 Å². The molecular weight excluding hydrogens is 256 g/mol. The van der Waals surface area contributed by atoms with E-state index in [9.17, 15) is 9.59 Å².